The minimum Gasteiger partial charge on any atom is -0.410 e. The molecule has 0 radical (unpaired) electrons. The maximum Gasteiger partial charge on any atom is 0.190 e. The first kappa shape index (κ1) is 25.2. The van der Waals surface area contributed by atoms with Gasteiger partial charge in [0.1, 0.15) is 5.82 Å². The monoisotopic (exact) mass is 481 g/mol. The van der Waals surface area contributed by atoms with Crippen LogP contribution < -0.4 is 0 Å². The molecule has 3 nitrogen and oxygen atoms in total. The Balaban J connectivity index is 1.97. The maximum atomic E-state index is 13.9. The van der Waals surface area contributed by atoms with Crippen molar-refractivity contribution in [3.8, 4) is 11.1 Å². The molecule has 2 aliphatic carbocycles. The van der Waals surface area contributed by atoms with Gasteiger partial charge in [-0.3, -0.25) is 9.78 Å². The molecule has 5 heteroatoms. The highest BCUT2D eigenvalue weighted by atomic mass is 28.4. The van der Waals surface area contributed by atoms with Crippen LogP contribution in [0.15, 0.2) is 24.3 Å². The van der Waals surface area contributed by atoms with Gasteiger partial charge < -0.3 is 4.43 Å². The quantitative estimate of drug-likeness (QED) is 0.294. The molecule has 34 heavy (non-hydrogen) atoms. The number of carbonyl (C=O) groups excluding carboxylic acids is 1. The normalized spacial score (nSPS) is 21.3. The Kier molecular flexibility index (Phi) is 7.17. The molecule has 0 bridgehead atoms. The lowest BCUT2D eigenvalue weighted by Crippen LogP contribution is -2.40. The van der Waals surface area contributed by atoms with Gasteiger partial charge in [0.25, 0.3) is 0 Å². The third kappa shape index (κ3) is 4.92. The van der Waals surface area contributed by atoms with Crippen LogP contribution in [0.5, 0.6) is 0 Å². The largest absolute Gasteiger partial charge is 0.410 e. The van der Waals surface area contributed by atoms with Gasteiger partial charge in [-0.15, -0.1) is 0 Å². The highest BCUT2D eigenvalue weighted by Gasteiger charge is 2.42. The average Bonchev–Trinajstić information content (AvgIpc) is 3.31. The van der Waals surface area contributed by atoms with Gasteiger partial charge in [0.05, 0.1) is 11.8 Å². The summed E-state index contributed by atoms with van der Waals surface area (Å²) in [6, 6.07) is 6.60. The minimum absolute atomic E-state index is 0.0559. The summed E-state index contributed by atoms with van der Waals surface area (Å²) in [6.07, 6.45) is 8.24. The summed E-state index contributed by atoms with van der Waals surface area (Å²) in [5.74, 6) is 0.0506. The van der Waals surface area contributed by atoms with Crippen LogP contribution in [0.25, 0.3) is 11.1 Å². The van der Waals surface area contributed by atoms with Crippen molar-refractivity contribution in [2.75, 3.05) is 0 Å². The SMILES string of the molecule is CCC(C)[Si](C)(C)OC1CC(C)(C)Cc2nc(C3CCCC3)c(C=O)c(-c3ccc(F)cc3)c21. The topological polar surface area (TPSA) is 39.2 Å². The Bertz CT molecular complexity index is 1040. The van der Waals surface area contributed by atoms with Gasteiger partial charge >= 0.3 is 0 Å². The highest BCUT2D eigenvalue weighted by Crippen LogP contribution is 2.50. The molecule has 2 atom stereocenters. The lowest BCUT2D eigenvalue weighted by Gasteiger charge is -2.42. The maximum absolute atomic E-state index is 13.9. The highest BCUT2D eigenvalue weighted by molar-refractivity contribution is 6.72. The standard InChI is InChI=1S/C29H40FNO2Si/c1-7-19(2)34(5,6)33-25-17-29(3,4)16-24-27(25)26(20-12-14-22(30)15-13-20)23(18-32)28(31-24)21-10-8-9-11-21/h12-15,18-19,21,25H,7-11,16-17H2,1-6H3. The van der Waals surface area contributed by atoms with Crippen molar-refractivity contribution in [3.63, 3.8) is 0 Å². The Morgan fingerprint density at radius 3 is 2.44 bits per heavy atom. The number of aldehydes is 1. The van der Waals surface area contributed by atoms with Gasteiger partial charge in [-0.1, -0.05) is 59.1 Å². The summed E-state index contributed by atoms with van der Waals surface area (Å²) in [5, 5.41) is 0. The summed E-state index contributed by atoms with van der Waals surface area (Å²) in [7, 11) is -2.00. The van der Waals surface area contributed by atoms with Crippen molar-refractivity contribution < 1.29 is 13.6 Å². The van der Waals surface area contributed by atoms with Crippen LogP contribution in [-0.2, 0) is 10.8 Å². The third-order valence-electron chi connectivity index (χ3n) is 8.32. The summed E-state index contributed by atoms with van der Waals surface area (Å²) >= 11 is 0. The van der Waals surface area contributed by atoms with Crippen molar-refractivity contribution >= 4 is 14.6 Å². The van der Waals surface area contributed by atoms with Gasteiger partial charge in [-0.25, -0.2) is 4.39 Å². The summed E-state index contributed by atoms with van der Waals surface area (Å²) < 4.78 is 20.9. The number of carbonyl (C=O) groups is 1. The van der Waals surface area contributed by atoms with E-state index in [1.807, 2.05) is 12.1 Å². The first-order chi connectivity index (χ1) is 16.1. The van der Waals surface area contributed by atoms with E-state index in [0.717, 1.165) is 66.5 Å². The molecule has 1 heterocycles. The van der Waals surface area contributed by atoms with E-state index in [4.69, 9.17) is 9.41 Å². The van der Waals surface area contributed by atoms with Crippen molar-refractivity contribution in [2.24, 2.45) is 5.41 Å². The van der Waals surface area contributed by atoms with E-state index >= 15 is 0 Å². The number of aromatic nitrogens is 1. The molecule has 184 valence electrons. The number of hydrogen-bond donors (Lipinski definition) is 0. The van der Waals surface area contributed by atoms with Crippen molar-refractivity contribution in [1.82, 2.24) is 4.98 Å². The molecule has 2 unspecified atom stereocenters. The van der Waals surface area contributed by atoms with Gasteiger partial charge in [0.15, 0.2) is 14.6 Å². The molecule has 0 spiro atoms. The molecule has 0 saturated heterocycles. The fraction of sp³-hybridized carbons (Fsp3) is 0.586. The number of halogens is 1. The second kappa shape index (κ2) is 9.66. The lowest BCUT2D eigenvalue weighted by atomic mass is 9.72. The molecule has 1 aromatic carbocycles. The van der Waals surface area contributed by atoms with E-state index in [-0.39, 0.29) is 17.3 Å². The van der Waals surface area contributed by atoms with Gasteiger partial charge in [-0.05, 0) is 67.4 Å². The lowest BCUT2D eigenvalue weighted by molar-refractivity contribution is 0.109. The average molecular weight is 482 g/mol. The Morgan fingerprint density at radius 2 is 1.85 bits per heavy atom. The van der Waals surface area contributed by atoms with E-state index in [0.29, 0.717) is 17.0 Å². The molecule has 1 aromatic heterocycles. The Morgan fingerprint density at radius 1 is 1.21 bits per heavy atom. The van der Waals surface area contributed by atoms with E-state index in [9.17, 15) is 9.18 Å². The number of nitrogens with zero attached hydrogens (tertiary/aromatic N) is 1. The fourth-order valence-electron chi connectivity index (χ4n) is 5.93. The van der Waals surface area contributed by atoms with Gasteiger partial charge in [-0.2, -0.15) is 0 Å². The van der Waals surface area contributed by atoms with Crippen LogP contribution in [-0.4, -0.2) is 19.6 Å². The van der Waals surface area contributed by atoms with Crippen molar-refractivity contribution in [2.45, 2.75) is 103 Å². The number of fused-ring (bicyclic) bond motifs is 1. The fourth-order valence-corrected chi connectivity index (χ4v) is 8.08. The predicted octanol–water partition coefficient (Wildman–Crippen LogP) is 8.39. The van der Waals surface area contributed by atoms with Crippen LogP contribution >= 0.6 is 0 Å². The zero-order chi connectivity index (χ0) is 24.7. The molecule has 1 fully saturated rings. The predicted molar refractivity (Wildman–Crippen MR) is 139 cm³/mol. The second-order valence-electron chi connectivity index (χ2n) is 11.8. The number of benzene rings is 1. The molecule has 2 aromatic rings. The Labute approximate surface area is 205 Å². The van der Waals surface area contributed by atoms with Gasteiger partial charge in [0.2, 0.25) is 0 Å². The zero-order valence-corrected chi connectivity index (χ0v) is 22.7. The number of rotatable bonds is 7. The molecular weight excluding hydrogens is 441 g/mol. The van der Waals surface area contributed by atoms with E-state index in [1.54, 1.807) is 0 Å². The Hall–Kier alpha value is -1.85. The van der Waals surface area contributed by atoms with Crippen LogP contribution in [0.1, 0.15) is 106 Å². The van der Waals surface area contributed by atoms with Crippen LogP contribution in [0.3, 0.4) is 0 Å². The van der Waals surface area contributed by atoms with Crippen molar-refractivity contribution in [1.29, 1.82) is 0 Å². The van der Waals surface area contributed by atoms with E-state index in [2.05, 4.69) is 40.8 Å². The van der Waals surface area contributed by atoms with Crippen LogP contribution in [0, 0.1) is 11.2 Å². The number of hydrogen-bond acceptors (Lipinski definition) is 3. The first-order valence-electron chi connectivity index (χ1n) is 13.0. The van der Waals surface area contributed by atoms with E-state index in [1.165, 1.54) is 25.0 Å². The van der Waals surface area contributed by atoms with E-state index < -0.39 is 8.32 Å². The molecule has 4 rings (SSSR count). The molecule has 1 saturated carbocycles. The number of pyridine rings is 1. The summed E-state index contributed by atoms with van der Waals surface area (Å²) in [4.78, 5) is 17.9. The van der Waals surface area contributed by atoms with Crippen molar-refractivity contribution in [3.05, 3.63) is 52.6 Å². The smallest absolute Gasteiger partial charge is 0.190 e. The van der Waals surface area contributed by atoms with Crippen LogP contribution in [0.4, 0.5) is 4.39 Å². The summed E-state index contributed by atoms with van der Waals surface area (Å²) in [5.41, 5.74) is 6.16. The third-order valence-corrected chi connectivity index (χ3v) is 12.0. The second-order valence-corrected chi connectivity index (χ2v) is 16.2. The van der Waals surface area contributed by atoms with Crippen LogP contribution in [0.2, 0.25) is 18.6 Å². The molecule has 0 aliphatic heterocycles. The first-order valence-corrected chi connectivity index (χ1v) is 16.0. The summed E-state index contributed by atoms with van der Waals surface area (Å²) in [6.45, 7) is 13.7. The van der Waals surface area contributed by atoms with Gasteiger partial charge in [0, 0.05) is 28.3 Å². The molecule has 0 N–H and O–H groups in total. The molecule has 0 amide bonds. The zero-order valence-electron chi connectivity index (χ0n) is 21.7. The minimum atomic E-state index is -2.00. The molecule has 2 aliphatic rings. The molecular formula is C29H40FNO2Si.